The predicted molar refractivity (Wildman–Crippen MR) is 89.1 cm³/mol. The molecule has 1 aliphatic rings. The van der Waals surface area contributed by atoms with Crippen molar-refractivity contribution in [1.29, 1.82) is 0 Å². The molecule has 0 aliphatic carbocycles. The summed E-state index contributed by atoms with van der Waals surface area (Å²) in [5.74, 6) is -0.472. The number of hydrazine groups is 1. The van der Waals surface area contributed by atoms with E-state index in [9.17, 15) is 14.4 Å². The van der Waals surface area contributed by atoms with E-state index in [1.54, 1.807) is 32.0 Å². The summed E-state index contributed by atoms with van der Waals surface area (Å²) in [6.45, 7) is 4.98. The molecule has 9 heteroatoms. The van der Waals surface area contributed by atoms with Gasteiger partial charge >= 0.3 is 12.2 Å². The smallest absolute Gasteiger partial charge is 0.430 e. The molecule has 0 aromatic heterocycles. The van der Waals surface area contributed by atoms with Crippen LogP contribution in [-0.4, -0.2) is 36.3 Å². The highest BCUT2D eigenvalue weighted by Crippen LogP contribution is 2.41. The van der Waals surface area contributed by atoms with Crippen molar-refractivity contribution in [2.24, 2.45) is 0 Å². The number of benzene rings is 1. The Morgan fingerprint density at radius 3 is 2.58 bits per heavy atom. The normalized spacial score (nSPS) is 18.4. The molecule has 130 valence electrons. The molecule has 0 fully saturated rings. The number of nitrogens with zero attached hydrogens (tertiary/aromatic N) is 1. The fourth-order valence-electron chi connectivity index (χ4n) is 2.40. The van der Waals surface area contributed by atoms with Gasteiger partial charge in [-0.15, -0.1) is 0 Å². The van der Waals surface area contributed by atoms with Gasteiger partial charge in [0.25, 0.3) is 5.91 Å². The largest absolute Gasteiger partial charge is 0.449 e. The number of hydrogen-bond acceptors (Lipinski definition) is 5. The molecule has 0 saturated carbocycles. The van der Waals surface area contributed by atoms with Crippen molar-refractivity contribution < 1.29 is 23.9 Å². The van der Waals surface area contributed by atoms with E-state index < -0.39 is 23.6 Å². The molecule has 1 heterocycles. The molecular formula is C15H18BrN3O5. The van der Waals surface area contributed by atoms with Crippen LogP contribution in [0.3, 0.4) is 0 Å². The van der Waals surface area contributed by atoms with Gasteiger partial charge in [-0.25, -0.2) is 15.0 Å². The fourth-order valence-corrected chi connectivity index (χ4v) is 2.76. The van der Waals surface area contributed by atoms with Crippen LogP contribution in [0.5, 0.6) is 0 Å². The van der Waals surface area contributed by atoms with Crippen LogP contribution in [0.2, 0.25) is 0 Å². The summed E-state index contributed by atoms with van der Waals surface area (Å²) in [6.07, 6.45) is -1.72. The van der Waals surface area contributed by atoms with Crippen LogP contribution in [0.25, 0.3) is 0 Å². The molecule has 0 unspecified atom stereocenters. The quantitative estimate of drug-likeness (QED) is 0.761. The third-order valence-corrected chi connectivity index (χ3v) is 4.07. The molecule has 1 aromatic rings. The number of rotatable bonds is 3. The SMILES string of the molecule is CCOC(=O)NN(C(=O)OCC)[C@@]1(C)C(=O)Nc2ccc(Br)cc21. The number of nitrogens with one attached hydrogen (secondary N) is 2. The van der Waals surface area contributed by atoms with Crippen molar-refractivity contribution in [1.82, 2.24) is 10.4 Å². The number of ether oxygens (including phenoxy) is 2. The second-order valence-electron chi connectivity index (χ2n) is 5.08. The first kappa shape index (κ1) is 18.1. The van der Waals surface area contributed by atoms with Crippen LogP contribution < -0.4 is 10.7 Å². The van der Waals surface area contributed by atoms with E-state index in [1.165, 1.54) is 6.92 Å². The fraction of sp³-hybridized carbons (Fsp3) is 0.400. The van der Waals surface area contributed by atoms with Crippen LogP contribution in [0, 0.1) is 0 Å². The summed E-state index contributed by atoms with van der Waals surface area (Å²) in [5.41, 5.74) is 1.88. The number of amides is 3. The number of carbonyl (C=O) groups is 3. The van der Waals surface area contributed by atoms with Crippen LogP contribution in [0.15, 0.2) is 22.7 Å². The minimum Gasteiger partial charge on any atom is -0.449 e. The van der Waals surface area contributed by atoms with Gasteiger partial charge in [-0.2, -0.15) is 5.01 Å². The van der Waals surface area contributed by atoms with Gasteiger partial charge in [-0.05, 0) is 39.0 Å². The van der Waals surface area contributed by atoms with Gasteiger partial charge in [0.2, 0.25) is 0 Å². The average Bonchev–Trinajstić information content (AvgIpc) is 2.77. The Kier molecular flexibility index (Phi) is 5.33. The molecule has 1 atom stereocenters. The lowest BCUT2D eigenvalue weighted by molar-refractivity contribution is -0.127. The highest BCUT2D eigenvalue weighted by molar-refractivity contribution is 9.10. The van der Waals surface area contributed by atoms with Gasteiger partial charge in [0.05, 0.1) is 13.2 Å². The van der Waals surface area contributed by atoms with E-state index in [0.29, 0.717) is 11.3 Å². The zero-order valence-corrected chi connectivity index (χ0v) is 15.1. The second kappa shape index (κ2) is 7.08. The van der Waals surface area contributed by atoms with E-state index in [-0.39, 0.29) is 13.2 Å². The Balaban J connectivity index is 2.47. The highest BCUT2D eigenvalue weighted by atomic mass is 79.9. The Morgan fingerprint density at radius 2 is 1.96 bits per heavy atom. The summed E-state index contributed by atoms with van der Waals surface area (Å²) in [6, 6.07) is 5.17. The van der Waals surface area contributed by atoms with Crippen molar-refractivity contribution in [2.75, 3.05) is 18.5 Å². The number of carbonyl (C=O) groups excluding carboxylic acids is 3. The van der Waals surface area contributed by atoms with E-state index in [1.807, 2.05) is 0 Å². The maximum Gasteiger partial charge on any atom is 0.430 e. The lowest BCUT2D eigenvalue weighted by atomic mass is 9.93. The van der Waals surface area contributed by atoms with Gasteiger partial charge in [0.1, 0.15) is 0 Å². The number of halogens is 1. The van der Waals surface area contributed by atoms with Gasteiger partial charge in [0.15, 0.2) is 5.54 Å². The highest BCUT2D eigenvalue weighted by Gasteiger charge is 2.51. The van der Waals surface area contributed by atoms with Gasteiger partial charge in [0, 0.05) is 15.7 Å². The van der Waals surface area contributed by atoms with Crippen molar-refractivity contribution in [2.45, 2.75) is 26.3 Å². The molecule has 0 bridgehead atoms. The Morgan fingerprint density at radius 1 is 1.29 bits per heavy atom. The molecule has 2 N–H and O–H groups in total. The first-order chi connectivity index (χ1) is 11.3. The standard InChI is InChI=1S/C15H18BrN3O5/c1-4-23-13(21)18-19(14(22)24-5-2)15(3)10-8-9(16)6-7-11(10)17-12(15)20/h6-8H,4-5H2,1-3H3,(H,17,20)(H,18,21)/t15-/m1/s1. The van der Waals surface area contributed by atoms with Crippen molar-refractivity contribution in [3.05, 3.63) is 28.2 Å². The maximum absolute atomic E-state index is 12.6. The zero-order valence-electron chi connectivity index (χ0n) is 13.5. The molecule has 1 aromatic carbocycles. The number of anilines is 1. The minimum atomic E-state index is -1.49. The maximum atomic E-state index is 12.6. The van der Waals surface area contributed by atoms with Crippen molar-refractivity contribution >= 4 is 39.7 Å². The minimum absolute atomic E-state index is 0.0862. The Bertz CT molecular complexity index is 681. The summed E-state index contributed by atoms with van der Waals surface area (Å²) in [5, 5.41) is 3.55. The Hall–Kier alpha value is -2.29. The first-order valence-electron chi connectivity index (χ1n) is 7.36. The molecular weight excluding hydrogens is 382 g/mol. The summed E-state index contributed by atoms with van der Waals surface area (Å²) in [4.78, 5) is 36.8. The van der Waals surface area contributed by atoms with Crippen LogP contribution in [0.4, 0.5) is 15.3 Å². The average molecular weight is 400 g/mol. The monoisotopic (exact) mass is 399 g/mol. The number of fused-ring (bicyclic) bond motifs is 1. The predicted octanol–water partition coefficient (Wildman–Crippen LogP) is 2.74. The summed E-state index contributed by atoms with van der Waals surface area (Å²) >= 11 is 3.34. The van der Waals surface area contributed by atoms with Crippen LogP contribution in [0.1, 0.15) is 26.3 Å². The van der Waals surface area contributed by atoms with Crippen LogP contribution >= 0.6 is 15.9 Å². The molecule has 0 spiro atoms. The third kappa shape index (κ3) is 3.16. The van der Waals surface area contributed by atoms with Crippen LogP contribution in [-0.2, 0) is 19.8 Å². The van der Waals surface area contributed by atoms with E-state index >= 15 is 0 Å². The topological polar surface area (TPSA) is 97.0 Å². The van der Waals surface area contributed by atoms with E-state index in [0.717, 1.165) is 9.48 Å². The summed E-state index contributed by atoms with van der Waals surface area (Å²) < 4.78 is 10.5. The molecule has 8 nitrogen and oxygen atoms in total. The van der Waals surface area contributed by atoms with Gasteiger partial charge < -0.3 is 14.8 Å². The number of hydrogen-bond donors (Lipinski definition) is 2. The lowest BCUT2D eigenvalue weighted by Crippen LogP contribution is -2.59. The molecule has 2 rings (SSSR count). The zero-order chi connectivity index (χ0) is 17.9. The summed E-state index contributed by atoms with van der Waals surface area (Å²) in [7, 11) is 0. The second-order valence-corrected chi connectivity index (χ2v) is 6.00. The van der Waals surface area contributed by atoms with E-state index in [4.69, 9.17) is 9.47 Å². The first-order valence-corrected chi connectivity index (χ1v) is 8.15. The van der Waals surface area contributed by atoms with Crippen molar-refractivity contribution in [3.8, 4) is 0 Å². The molecule has 0 saturated heterocycles. The molecule has 1 aliphatic heterocycles. The molecule has 3 amide bonds. The van der Waals surface area contributed by atoms with Gasteiger partial charge in [-0.1, -0.05) is 15.9 Å². The van der Waals surface area contributed by atoms with E-state index in [2.05, 4.69) is 26.7 Å². The third-order valence-electron chi connectivity index (χ3n) is 3.57. The Labute approximate surface area is 147 Å². The van der Waals surface area contributed by atoms with Crippen molar-refractivity contribution in [3.63, 3.8) is 0 Å². The molecule has 0 radical (unpaired) electrons. The molecule has 24 heavy (non-hydrogen) atoms. The van der Waals surface area contributed by atoms with Gasteiger partial charge in [-0.3, -0.25) is 4.79 Å². The lowest BCUT2D eigenvalue weighted by Gasteiger charge is -2.35.